The molecule has 0 aliphatic carbocycles. The van der Waals surface area contributed by atoms with Gasteiger partial charge < -0.3 is 10.4 Å². The summed E-state index contributed by atoms with van der Waals surface area (Å²) >= 11 is 0. The first kappa shape index (κ1) is 12.7. The highest BCUT2D eigenvalue weighted by molar-refractivity contribution is 5.89. The van der Waals surface area contributed by atoms with Crippen molar-refractivity contribution < 1.29 is 14.7 Å². The number of nitrogens with zero attached hydrogens (tertiary/aromatic N) is 3. The molecular weight excluding hydrogens is 248 g/mol. The maximum atomic E-state index is 11.1. The van der Waals surface area contributed by atoms with Crippen molar-refractivity contribution in [3.05, 3.63) is 35.7 Å². The highest BCUT2D eigenvalue weighted by Crippen LogP contribution is 2.15. The number of aromatic carboxylic acids is 1. The van der Waals surface area contributed by atoms with Gasteiger partial charge in [-0.3, -0.25) is 4.79 Å². The Morgan fingerprint density at radius 1 is 1.26 bits per heavy atom. The summed E-state index contributed by atoms with van der Waals surface area (Å²) in [6, 6.07) is 6.65. The summed E-state index contributed by atoms with van der Waals surface area (Å²) in [5, 5.41) is 19.3. The van der Waals surface area contributed by atoms with E-state index in [9.17, 15) is 9.59 Å². The molecule has 0 bridgehead atoms. The zero-order valence-electron chi connectivity index (χ0n) is 10.4. The number of carboxylic acid groups (broad SMARTS) is 1. The van der Waals surface area contributed by atoms with Gasteiger partial charge in [0.25, 0.3) is 0 Å². The van der Waals surface area contributed by atoms with E-state index >= 15 is 0 Å². The Balaban J connectivity index is 2.37. The number of hydrogen-bond acceptors (Lipinski definition) is 4. The lowest BCUT2D eigenvalue weighted by Crippen LogP contribution is -2.10. The van der Waals surface area contributed by atoms with E-state index < -0.39 is 5.97 Å². The fraction of sp³-hybridized carbons (Fsp3) is 0.167. The van der Waals surface area contributed by atoms with Gasteiger partial charge in [0.1, 0.15) is 0 Å². The normalized spacial score (nSPS) is 10.2. The van der Waals surface area contributed by atoms with Crippen LogP contribution in [-0.2, 0) is 4.79 Å². The number of carboxylic acids is 1. The molecule has 0 radical (unpaired) electrons. The first-order valence-corrected chi connectivity index (χ1v) is 5.52. The maximum Gasteiger partial charge on any atom is 0.356 e. The van der Waals surface area contributed by atoms with Crippen LogP contribution in [0.2, 0.25) is 0 Å². The number of aromatic nitrogens is 3. The van der Waals surface area contributed by atoms with Crippen LogP contribution < -0.4 is 5.32 Å². The number of benzene rings is 1. The number of rotatable bonds is 3. The van der Waals surface area contributed by atoms with Gasteiger partial charge in [0.2, 0.25) is 5.91 Å². The molecule has 1 amide bonds. The largest absolute Gasteiger partial charge is 0.476 e. The predicted octanol–water partition coefficient (Wildman–Crippen LogP) is 1.23. The van der Waals surface area contributed by atoms with Crippen LogP contribution >= 0.6 is 0 Å². The number of nitrogens with one attached hydrogen (secondary N) is 1. The first-order valence-electron chi connectivity index (χ1n) is 5.52. The molecule has 7 nitrogen and oxygen atoms in total. The van der Waals surface area contributed by atoms with E-state index in [-0.39, 0.29) is 11.6 Å². The molecule has 19 heavy (non-hydrogen) atoms. The Labute approximate surface area is 108 Å². The molecule has 98 valence electrons. The average Bonchev–Trinajstić information content (AvgIpc) is 2.71. The molecule has 0 saturated carbocycles. The second kappa shape index (κ2) is 4.89. The highest BCUT2D eigenvalue weighted by atomic mass is 16.4. The number of carbonyl (C=O) groups is 2. The van der Waals surface area contributed by atoms with Gasteiger partial charge in [-0.2, -0.15) is 0 Å². The van der Waals surface area contributed by atoms with Crippen LogP contribution in [-0.4, -0.2) is 32.0 Å². The molecule has 7 heteroatoms. The second-order valence-corrected chi connectivity index (χ2v) is 3.97. The molecule has 0 saturated heterocycles. The summed E-state index contributed by atoms with van der Waals surface area (Å²) in [6.07, 6.45) is 0. The fourth-order valence-electron chi connectivity index (χ4n) is 1.67. The molecule has 1 aromatic carbocycles. The Hall–Kier alpha value is -2.70. The van der Waals surface area contributed by atoms with Crippen LogP contribution in [0.4, 0.5) is 5.69 Å². The zero-order chi connectivity index (χ0) is 14.0. The monoisotopic (exact) mass is 260 g/mol. The Morgan fingerprint density at radius 3 is 2.42 bits per heavy atom. The van der Waals surface area contributed by atoms with Crippen LogP contribution in [0.15, 0.2) is 24.3 Å². The molecule has 0 aliphatic rings. The van der Waals surface area contributed by atoms with E-state index in [4.69, 9.17) is 5.11 Å². The Kier molecular flexibility index (Phi) is 3.28. The molecule has 1 aromatic heterocycles. The summed E-state index contributed by atoms with van der Waals surface area (Å²) in [6.45, 7) is 3.00. The SMILES string of the molecule is CC(=O)Nc1ccc(-n2nnc(C)c2C(=O)O)cc1. The van der Waals surface area contributed by atoms with Crippen molar-refractivity contribution in [2.24, 2.45) is 0 Å². The molecule has 2 rings (SSSR count). The summed E-state index contributed by atoms with van der Waals surface area (Å²) < 4.78 is 1.25. The number of anilines is 1. The Bertz CT molecular complexity index is 631. The molecule has 0 atom stereocenters. The third kappa shape index (κ3) is 2.59. The van der Waals surface area contributed by atoms with Gasteiger partial charge in [0.05, 0.1) is 11.4 Å². The second-order valence-electron chi connectivity index (χ2n) is 3.97. The third-order valence-corrected chi connectivity index (χ3v) is 2.47. The molecule has 2 aromatic rings. The van der Waals surface area contributed by atoms with Crippen molar-refractivity contribution in [1.82, 2.24) is 15.0 Å². The van der Waals surface area contributed by atoms with Gasteiger partial charge in [0.15, 0.2) is 5.69 Å². The van der Waals surface area contributed by atoms with E-state index in [0.29, 0.717) is 17.1 Å². The molecule has 0 unspecified atom stereocenters. The van der Waals surface area contributed by atoms with Crippen LogP contribution in [0.25, 0.3) is 5.69 Å². The highest BCUT2D eigenvalue weighted by Gasteiger charge is 2.17. The first-order chi connectivity index (χ1) is 8.99. The van der Waals surface area contributed by atoms with Crippen LogP contribution in [0.1, 0.15) is 23.1 Å². The number of amides is 1. The fourth-order valence-corrected chi connectivity index (χ4v) is 1.67. The summed E-state index contributed by atoms with van der Waals surface area (Å²) in [7, 11) is 0. The minimum atomic E-state index is -1.09. The van der Waals surface area contributed by atoms with E-state index in [1.807, 2.05) is 0 Å². The van der Waals surface area contributed by atoms with E-state index in [2.05, 4.69) is 15.6 Å². The molecule has 1 heterocycles. The van der Waals surface area contributed by atoms with Crippen molar-refractivity contribution in [3.8, 4) is 5.69 Å². The molecule has 0 fully saturated rings. The topological polar surface area (TPSA) is 97.1 Å². The zero-order valence-corrected chi connectivity index (χ0v) is 10.4. The third-order valence-electron chi connectivity index (χ3n) is 2.47. The molecule has 0 aliphatic heterocycles. The van der Waals surface area contributed by atoms with E-state index in [1.54, 1.807) is 31.2 Å². The standard InChI is InChI=1S/C12H12N4O3/c1-7-11(12(18)19)16(15-14-7)10-5-3-9(4-6-10)13-8(2)17/h3-6H,1-2H3,(H,13,17)(H,18,19). The Morgan fingerprint density at radius 2 is 1.89 bits per heavy atom. The maximum absolute atomic E-state index is 11.1. The molecule has 0 spiro atoms. The quantitative estimate of drug-likeness (QED) is 0.865. The minimum Gasteiger partial charge on any atom is -0.476 e. The van der Waals surface area contributed by atoms with Crippen molar-refractivity contribution in [2.45, 2.75) is 13.8 Å². The number of carbonyl (C=O) groups excluding carboxylic acids is 1. The minimum absolute atomic E-state index is 0.0206. The smallest absolute Gasteiger partial charge is 0.356 e. The van der Waals surface area contributed by atoms with Gasteiger partial charge in [-0.05, 0) is 31.2 Å². The van der Waals surface area contributed by atoms with Crippen molar-refractivity contribution in [1.29, 1.82) is 0 Å². The van der Waals surface area contributed by atoms with Crippen LogP contribution in [0.5, 0.6) is 0 Å². The lowest BCUT2D eigenvalue weighted by atomic mass is 10.2. The molecular formula is C12H12N4O3. The van der Waals surface area contributed by atoms with Gasteiger partial charge in [-0.25, -0.2) is 9.48 Å². The summed E-state index contributed by atoms with van der Waals surface area (Å²) in [4.78, 5) is 22.0. The van der Waals surface area contributed by atoms with Gasteiger partial charge in [0, 0.05) is 12.6 Å². The van der Waals surface area contributed by atoms with Crippen molar-refractivity contribution >= 4 is 17.6 Å². The van der Waals surface area contributed by atoms with Gasteiger partial charge >= 0.3 is 5.97 Å². The molecule has 2 N–H and O–H groups in total. The van der Waals surface area contributed by atoms with Gasteiger partial charge in [-0.15, -0.1) is 5.10 Å². The summed E-state index contributed by atoms with van der Waals surface area (Å²) in [5.74, 6) is -1.26. The van der Waals surface area contributed by atoms with Crippen molar-refractivity contribution in [3.63, 3.8) is 0 Å². The summed E-state index contributed by atoms with van der Waals surface area (Å²) in [5.41, 5.74) is 1.56. The van der Waals surface area contributed by atoms with E-state index in [0.717, 1.165) is 0 Å². The number of aryl methyl sites for hydroxylation is 1. The lowest BCUT2D eigenvalue weighted by molar-refractivity contribution is -0.114. The van der Waals surface area contributed by atoms with E-state index in [1.165, 1.54) is 11.6 Å². The average molecular weight is 260 g/mol. The van der Waals surface area contributed by atoms with Crippen molar-refractivity contribution in [2.75, 3.05) is 5.32 Å². The lowest BCUT2D eigenvalue weighted by Gasteiger charge is -2.05. The number of hydrogen-bond donors (Lipinski definition) is 2. The van der Waals surface area contributed by atoms with Gasteiger partial charge in [-0.1, -0.05) is 5.21 Å². The van der Waals surface area contributed by atoms with Crippen LogP contribution in [0, 0.1) is 6.92 Å². The van der Waals surface area contributed by atoms with Crippen LogP contribution in [0.3, 0.4) is 0 Å². The predicted molar refractivity (Wildman–Crippen MR) is 67.4 cm³/mol.